The molecule has 0 aliphatic heterocycles. The highest BCUT2D eigenvalue weighted by Crippen LogP contribution is 2.02. The molecule has 1 aromatic carbocycles. The fourth-order valence-electron chi connectivity index (χ4n) is 2.24. The second-order valence-corrected chi connectivity index (χ2v) is 6.35. The van der Waals surface area contributed by atoms with Crippen LogP contribution in [0.25, 0.3) is 0 Å². The summed E-state index contributed by atoms with van der Waals surface area (Å²) >= 11 is 0. The molecule has 0 amide bonds. The highest BCUT2D eigenvalue weighted by molar-refractivity contribution is 14.0. The molecule has 144 valence electrons. The maximum atomic E-state index is 12.9. The minimum Gasteiger partial charge on any atom is -0.357 e. The van der Waals surface area contributed by atoms with Crippen molar-refractivity contribution in [3.63, 3.8) is 0 Å². The first kappa shape index (κ1) is 24.1. The predicted octanol–water partition coefficient (Wildman–Crippen LogP) is 3.66. The molecule has 2 N–H and O–H groups in total. The molecule has 0 heterocycles. The van der Waals surface area contributed by atoms with E-state index in [1.807, 2.05) is 12.1 Å². The highest BCUT2D eigenvalue weighted by Gasteiger charge is 2.02. The molecule has 0 aliphatic rings. The number of halogens is 2. The third kappa shape index (κ3) is 11.4. The molecule has 0 radical (unpaired) electrons. The summed E-state index contributed by atoms with van der Waals surface area (Å²) in [4.78, 5) is 6.97. The van der Waals surface area contributed by atoms with Crippen molar-refractivity contribution < 1.29 is 4.39 Å². The lowest BCUT2D eigenvalue weighted by molar-refractivity contribution is 0.269. The molecule has 1 aromatic rings. The van der Waals surface area contributed by atoms with Crippen molar-refractivity contribution in [3.05, 3.63) is 35.6 Å². The lowest BCUT2D eigenvalue weighted by Crippen LogP contribution is -2.38. The molecule has 0 atom stereocenters. The average Bonchev–Trinajstić information content (AvgIpc) is 2.56. The van der Waals surface area contributed by atoms with Crippen molar-refractivity contribution >= 4 is 29.9 Å². The molecule has 0 aromatic heterocycles. The Kier molecular flexibility index (Phi) is 13.8. The molecule has 0 unspecified atom stereocenters. The summed E-state index contributed by atoms with van der Waals surface area (Å²) < 4.78 is 12.9. The van der Waals surface area contributed by atoms with Gasteiger partial charge in [-0.3, -0.25) is 4.99 Å². The average molecular weight is 464 g/mol. The summed E-state index contributed by atoms with van der Waals surface area (Å²) in [6.45, 7) is 10.1. The van der Waals surface area contributed by atoms with Crippen LogP contribution in [0, 0.1) is 5.82 Å². The molecular formula is C19H34FIN4. The van der Waals surface area contributed by atoms with Gasteiger partial charge in [0.25, 0.3) is 0 Å². The third-order valence-corrected chi connectivity index (χ3v) is 4.03. The number of rotatable bonds is 10. The van der Waals surface area contributed by atoms with Crippen LogP contribution in [0.3, 0.4) is 0 Å². The summed E-state index contributed by atoms with van der Waals surface area (Å²) in [5.74, 6) is 0.668. The molecule has 25 heavy (non-hydrogen) atoms. The van der Waals surface area contributed by atoms with Crippen molar-refractivity contribution in [3.8, 4) is 0 Å². The van der Waals surface area contributed by atoms with Crippen molar-refractivity contribution in [2.75, 3.05) is 33.2 Å². The monoisotopic (exact) mass is 464 g/mol. The molecule has 0 bridgehead atoms. The number of nitrogens with one attached hydrogen (secondary N) is 2. The van der Waals surface area contributed by atoms with Crippen LogP contribution in [0.1, 0.15) is 39.2 Å². The lowest BCUT2D eigenvalue weighted by Gasteiger charge is -2.20. The molecule has 6 heteroatoms. The van der Waals surface area contributed by atoms with Crippen LogP contribution in [0.4, 0.5) is 4.39 Å². The van der Waals surface area contributed by atoms with E-state index < -0.39 is 0 Å². The molecular weight excluding hydrogens is 430 g/mol. The summed E-state index contributed by atoms with van der Waals surface area (Å²) in [5.41, 5.74) is 1.12. The lowest BCUT2D eigenvalue weighted by atomic mass is 10.1. The van der Waals surface area contributed by atoms with Crippen molar-refractivity contribution in [2.24, 2.45) is 4.99 Å². The topological polar surface area (TPSA) is 39.7 Å². The van der Waals surface area contributed by atoms with Gasteiger partial charge in [-0.1, -0.05) is 12.1 Å². The van der Waals surface area contributed by atoms with Crippen LogP contribution < -0.4 is 10.6 Å². The number of hydrogen-bond acceptors (Lipinski definition) is 2. The normalized spacial score (nSPS) is 11.6. The van der Waals surface area contributed by atoms with Gasteiger partial charge in [-0.25, -0.2) is 4.39 Å². The fraction of sp³-hybridized carbons (Fsp3) is 0.632. The predicted molar refractivity (Wildman–Crippen MR) is 117 cm³/mol. The van der Waals surface area contributed by atoms with Crippen molar-refractivity contribution in [2.45, 2.75) is 46.1 Å². The summed E-state index contributed by atoms with van der Waals surface area (Å²) in [5, 5.41) is 6.60. The van der Waals surface area contributed by atoms with Crippen LogP contribution in [0.5, 0.6) is 0 Å². The van der Waals surface area contributed by atoms with E-state index in [0.29, 0.717) is 6.04 Å². The first-order valence-electron chi connectivity index (χ1n) is 8.99. The Labute approximate surface area is 169 Å². The van der Waals surface area contributed by atoms with Gasteiger partial charge in [-0.05, 0) is 71.3 Å². The Morgan fingerprint density at radius 3 is 2.44 bits per heavy atom. The molecule has 0 saturated carbocycles. The molecule has 0 aliphatic carbocycles. The van der Waals surface area contributed by atoms with Gasteiger partial charge in [-0.15, -0.1) is 24.0 Å². The van der Waals surface area contributed by atoms with Gasteiger partial charge >= 0.3 is 0 Å². The van der Waals surface area contributed by atoms with Crippen molar-refractivity contribution in [1.82, 2.24) is 15.5 Å². The van der Waals surface area contributed by atoms with Crippen LogP contribution in [0.15, 0.2) is 29.3 Å². The molecule has 0 saturated heterocycles. The van der Waals surface area contributed by atoms with Gasteiger partial charge in [-0.2, -0.15) is 0 Å². The SMILES string of the molecule is CCNC(=NCCCCN(C)C(C)C)NCCc1ccc(F)cc1.I. The second-order valence-electron chi connectivity index (χ2n) is 6.35. The van der Waals surface area contributed by atoms with E-state index in [9.17, 15) is 4.39 Å². The number of aliphatic imine (C=N–C) groups is 1. The quantitative estimate of drug-likeness (QED) is 0.240. The van der Waals surface area contributed by atoms with Gasteiger partial charge in [0.15, 0.2) is 5.96 Å². The Morgan fingerprint density at radius 2 is 1.84 bits per heavy atom. The zero-order valence-corrected chi connectivity index (χ0v) is 18.3. The molecule has 4 nitrogen and oxygen atoms in total. The summed E-state index contributed by atoms with van der Waals surface area (Å²) in [7, 11) is 2.16. The Morgan fingerprint density at radius 1 is 1.16 bits per heavy atom. The fourth-order valence-corrected chi connectivity index (χ4v) is 2.24. The van der Waals surface area contributed by atoms with Gasteiger partial charge in [0.05, 0.1) is 0 Å². The number of guanidine groups is 1. The number of hydrogen-bond donors (Lipinski definition) is 2. The van der Waals surface area contributed by atoms with Gasteiger partial charge < -0.3 is 15.5 Å². The van der Waals surface area contributed by atoms with Crippen LogP contribution in [-0.4, -0.2) is 50.1 Å². The van der Waals surface area contributed by atoms with E-state index in [2.05, 4.69) is 48.3 Å². The number of unbranched alkanes of at least 4 members (excludes halogenated alkanes) is 1. The zero-order chi connectivity index (χ0) is 17.8. The van der Waals surface area contributed by atoms with Gasteiger partial charge in [0, 0.05) is 25.7 Å². The minimum absolute atomic E-state index is 0. The zero-order valence-electron chi connectivity index (χ0n) is 16.0. The van der Waals surface area contributed by atoms with E-state index in [1.54, 1.807) is 0 Å². The highest BCUT2D eigenvalue weighted by atomic mass is 127. The van der Waals surface area contributed by atoms with Crippen LogP contribution in [0.2, 0.25) is 0 Å². The molecule has 0 spiro atoms. The standard InChI is InChI=1S/C19H33FN4.HI/c1-5-21-19(22-13-6-7-15-24(4)16(2)3)23-14-12-17-8-10-18(20)11-9-17;/h8-11,16H,5-7,12-15H2,1-4H3,(H2,21,22,23);1H. The molecule has 1 rings (SSSR count). The van der Waals surface area contributed by atoms with E-state index in [1.165, 1.54) is 12.1 Å². The maximum Gasteiger partial charge on any atom is 0.191 e. The summed E-state index contributed by atoms with van der Waals surface area (Å²) in [6.07, 6.45) is 3.10. The maximum absolute atomic E-state index is 12.9. The molecule has 0 fully saturated rings. The number of nitrogens with zero attached hydrogens (tertiary/aromatic N) is 2. The largest absolute Gasteiger partial charge is 0.357 e. The summed E-state index contributed by atoms with van der Waals surface area (Å²) in [6, 6.07) is 7.25. The Bertz CT molecular complexity index is 477. The first-order valence-corrected chi connectivity index (χ1v) is 8.99. The van der Waals surface area contributed by atoms with E-state index in [-0.39, 0.29) is 29.8 Å². The minimum atomic E-state index is -0.190. The smallest absolute Gasteiger partial charge is 0.191 e. The Hall–Kier alpha value is -0.890. The van der Waals surface area contributed by atoms with Gasteiger partial charge in [0.2, 0.25) is 0 Å². The van der Waals surface area contributed by atoms with E-state index in [0.717, 1.165) is 57.0 Å². The van der Waals surface area contributed by atoms with Crippen LogP contribution in [-0.2, 0) is 6.42 Å². The van der Waals surface area contributed by atoms with E-state index in [4.69, 9.17) is 0 Å². The Balaban J connectivity index is 0.00000576. The van der Waals surface area contributed by atoms with E-state index >= 15 is 0 Å². The third-order valence-electron chi connectivity index (χ3n) is 4.03. The first-order chi connectivity index (χ1) is 11.5. The van der Waals surface area contributed by atoms with Crippen LogP contribution >= 0.6 is 24.0 Å². The van der Waals surface area contributed by atoms with Gasteiger partial charge in [0.1, 0.15) is 5.82 Å². The second kappa shape index (κ2) is 14.3. The van der Waals surface area contributed by atoms with Crippen molar-refractivity contribution in [1.29, 1.82) is 0 Å². The number of benzene rings is 1.